The Morgan fingerprint density at radius 1 is 1.11 bits per heavy atom. The monoisotopic (exact) mass is 523 g/mol. The van der Waals surface area contributed by atoms with Gasteiger partial charge in [0.25, 0.3) is 11.8 Å². The molecule has 11 heteroatoms. The summed E-state index contributed by atoms with van der Waals surface area (Å²) in [7, 11) is 0. The molecule has 2 N–H and O–H groups in total. The van der Waals surface area contributed by atoms with Gasteiger partial charge in [0.15, 0.2) is 0 Å². The predicted octanol–water partition coefficient (Wildman–Crippen LogP) is 1.31. The molecule has 1 aromatic carbocycles. The Hall–Kier alpha value is -3.70. The molecule has 3 heterocycles. The highest BCUT2D eigenvalue weighted by Gasteiger charge is 2.33. The summed E-state index contributed by atoms with van der Waals surface area (Å²) in [5.41, 5.74) is 1.63. The average Bonchev–Trinajstić information content (AvgIpc) is 3.73. The zero-order valence-corrected chi connectivity index (χ0v) is 21.7. The number of hydrogen-bond donors (Lipinski definition) is 2. The Morgan fingerprint density at radius 3 is 2.47 bits per heavy atom. The molecule has 11 nitrogen and oxygen atoms in total. The molecule has 1 aliphatic carbocycles. The number of aromatic nitrogens is 1. The molecular formula is C27H33N5O6. The number of amides is 2. The molecule has 0 spiro atoms. The van der Waals surface area contributed by atoms with E-state index in [0.29, 0.717) is 16.6 Å². The van der Waals surface area contributed by atoms with E-state index in [4.69, 9.17) is 4.74 Å². The van der Waals surface area contributed by atoms with Crippen molar-refractivity contribution in [3.63, 3.8) is 0 Å². The Kier molecular flexibility index (Phi) is 7.22. The summed E-state index contributed by atoms with van der Waals surface area (Å²) in [6.45, 7) is 7.75. The third-order valence-electron chi connectivity index (χ3n) is 7.35. The minimum atomic E-state index is -0.665. The van der Waals surface area contributed by atoms with Gasteiger partial charge >= 0.3 is 5.97 Å². The van der Waals surface area contributed by atoms with Crippen molar-refractivity contribution in [3.05, 3.63) is 45.9 Å². The van der Waals surface area contributed by atoms with Gasteiger partial charge in [-0.15, -0.1) is 0 Å². The highest BCUT2D eigenvalue weighted by Crippen LogP contribution is 2.40. The van der Waals surface area contributed by atoms with Crippen LogP contribution >= 0.6 is 0 Å². The molecule has 5 rings (SSSR count). The fourth-order valence-electron chi connectivity index (χ4n) is 5.12. The van der Waals surface area contributed by atoms with E-state index in [2.05, 4.69) is 22.0 Å². The molecule has 2 fully saturated rings. The number of β-amino-alcohol motifs (C(OH)–C–C–N with tert-alkyl or cyclic N) is 1. The van der Waals surface area contributed by atoms with Gasteiger partial charge in [0.2, 0.25) is 5.43 Å². The summed E-state index contributed by atoms with van der Waals surface area (Å²) >= 11 is 0. The van der Waals surface area contributed by atoms with Gasteiger partial charge in [0, 0.05) is 49.9 Å². The number of pyridine rings is 1. The Balaban J connectivity index is 1.64. The number of nitrogens with zero attached hydrogens (tertiary/aromatic N) is 4. The van der Waals surface area contributed by atoms with Gasteiger partial charge in [-0.2, -0.15) is 0 Å². The van der Waals surface area contributed by atoms with Crippen LogP contribution in [0.4, 0.5) is 11.4 Å². The maximum atomic E-state index is 13.5. The molecule has 3 aliphatic rings. The maximum absolute atomic E-state index is 13.5. The number of nitrogens with one attached hydrogen (secondary N) is 1. The third-order valence-corrected chi connectivity index (χ3v) is 7.35. The largest absolute Gasteiger partial charge is 0.462 e. The van der Waals surface area contributed by atoms with Gasteiger partial charge in [-0.25, -0.2) is 4.79 Å². The molecule has 0 atom stereocenters. The van der Waals surface area contributed by atoms with Crippen LogP contribution in [-0.4, -0.2) is 89.7 Å². The van der Waals surface area contributed by atoms with Crippen LogP contribution in [0.15, 0.2) is 34.9 Å². The smallest absolute Gasteiger partial charge is 0.343 e. The van der Waals surface area contributed by atoms with E-state index in [9.17, 15) is 24.3 Å². The van der Waals surface area contributed by atoms with Crippen LogP contribution in [0.1, 0.15) is 43.1 Å². The number of likely N-dealkylation sites (N-methyl/N-ethyl adjacent to an activating group) is 1. The fourth-order valence-corrected chi connectivity index (χ4v) is 5.12. The number of carbonyl (C=O) groups is 3. The van der Waals surface area contributed by atoms with E-state index < -0.39 is 23.2 Å². The third kappa shape index (κ3) is 4.79. The number of aliphatic hydroxyl groups is 1. The normalized spacial score (nSPS) is 18.3. The predicted molar refractivity (Wildman–Crippen MR) is 142 cm³/mol. The number of aliphatic hydroxyl groups excluding tert-OH is 1. The maximum Gasteiger partial charge on any atom is 0.343 e. The van der Waals surface area contributed by atoms with Gasteiger partial charge in [-0.1, -0.05) is 6.92 Å². The number of benzene rings is 1. The van der Waals surface area contributed by atoms with E-state index in [1.54, 1.807) is 19.2 Å². The van der Waals surface area contributed by atoms with Gasteiger partial charge in [0.1, 0.15) is 11.3 Å². The molecule has 202 valence electrons. The summed E-state index contributed by atoms with van der Waals surface area (Å²) in [5, 5.41) is 12.7. The summed E-state index contributed by atoms with van der Waals surface area (Å²) in [5.74, 6) is -1.71. The first-order valence-electron chi connectivity index (χ1n) is 13.2. The zero-order chi connectivity index (χ0) is 27.0. The van der Waals surface area contributed by atoms with E-state index in [1.165, 1.54) is 6.08 Å². The summed E-state index contributed by atoms with van der Waals surface area (Å²) < 4.78 is 7.14. The molecule has 0 radical (unpaired) electrons. The van der Waals surface area contributed by atoms with Gasteiger partial charge in [0.05, 0.1) is 36.6 Å². The van der Waals surface area contributed by atoms with Crippen molar-refractivity contribution < 1.29 is 24.2 Å². The van der Waals surface area contributed by atoms with E-state index >= 15 is 0 Å². The highest BCUT2D eigenvalue weighted by molar-refractivity contribution is 6.17. The van der Waals surface area contributed by atoms with Crippen molar-refractivity contribution >= 4 is 40.1 Å². The van der Waals surface area contributed by atoms with Crippen molar-refractivity contribution in [1.82, 2.24) is 14.4 Å². The number of ether oxygens (including phenoxy) is 1. The Morgan fingerprint density at radius 2 is 1.84 bits per heavy atom. The minimum Gasteiger partial charge on any atom is -0.462 e. The van der Waals surface area contributed by atoms with Crippen LogP contribution in [0.2, 0.25) is 0 Å². The second-order valence-electron chi connectivity index (χ2n) is 9.74. The van der Waals surface area contributed by atoms with Gasteiger partial charge in [-0.3, -0.25) is 19.3 Å². The quantitative estimate of drug-likeness (QED) is 0.370. The molecule has 1 saturated carbocycles. The first-order valence-corrected chi connectivity index (χ1v) is 13.2. The first kappa shape index (κ1) is 25.9. The van der Waals surface area contributed by atoms with Crippen LogP contribution in [0, 0.1) is 0 Å². The number of piperazine rings is 1. The molecule has 2 aromatic rings. The topological polar surface area (TPSA) is 124 Å². The second kappa shape index (κ2) is 10.6. The number of rotatable bonds is 9. The van der Waals surface area contributed by atoms with Crippen LogP contribution < -0.4 is 15.6 Å². The van der Waals surface area contributed by atoms with E-state index in [0.717, 1.165) is 56.2 Å². The van der Waals surface area contributed by atoms with Crippen molar-refractivity contribution in [2.24, 2.45) is 0 Å². The number of carbonyl (C=O) groups excluding carboxylic acids is 3. The lowest BCUT2D eigenvalue weighted by Gasteiger charge is -2.36. The fraction of sp³-hybridized carbons (Fsp3) is 0.481. The summed E-state index contributed by atoms with van der Waals surface area (Å²) in [6, 6.07) is 3.81. The van der Waals surface area contributed by atoms with Crippen molar-refractivity contribution in [3.8, 4) is 0 Å². The second-order valence-corrected chi connectivity index (χ2v) is 9.74. The van der Waals surface area contributed by atoms with Crippen molar-refractivity contribution in [1.29, 1.82) is 0 Å². The highest BCUT2D eigenvalue weighted by atomic mass is 16.5. The number of imide groups is 1. The number of fused-ring (bicyclic) bond motifs is 1. The number of hydrogen-bond acceptors (Lipinski definition) is 9. The summed E-state index contributed by atoms with van der Waals surface area (Å²) in [6.07, 6.45) is 4.73. The standard InChI is InChI=1S/C27H33N5O6/c1-3-29-7-9-30(10-8-29)23-15-22-18(13-20(23)28-21-14-24(34)31(11-12-33)26(21)36)25(35)19(27(37)38-4-2)16-32(22)17-5-6-17/h13-17,28,33H,3-12H2,1-2H3. The Labute approximate surface area is 220 Å². The number of esters is 1. The van der Waals surface area contributed by atoms with Crippen molar-refractivity contribution in [2.75, 3.05) is 62.7 Å². The lowest BCUT2D eigenvalue weighted by Crippen LogP contribution is -2.46. The molecule has 0 bridgehead atoms. The van der Waals surface area contributed by atoms with E-state index in [1.807, 2.05) is 10.6 Å². The van der Waals surface area contributed by atoms with Crippen molar-refractivity contribution in [2.45, 2.75) is 32.7 Å². The first-order chi connectivity index (χ1) is 18.4. The molecule has 1 saturated heterocycles. The molecule has 1 aromatic heterocycles. The molecular weight excluding hydrogens is 490 g/mol. The van der Waals surface area contributed by atoms with Gasteiger partial charge in [-0.05, 0) is 38.4 Å². The molecule has 0 unspecified atom stereocenters. The zero-order valence-electron chi connectivity index (χ0n) is 21.7. The molecule has 2 aliphatic heterocycles. The lowest BCUT2D eigenvalue weighted by atomic mass is 10.1. The molecule has 38 heavy (non-hydrogen) atoms. The van der Waals surface area contributed by atoms with Crippen LogP contribution in [-0.2, 0) is 14.3 Å². The Bertz CT molecular complexity index is 1370. The number of anilines is 2. The summed E-state index contributed by atoms with van der Waals surface area (Å²) in [4.78, 5) is 56.9. The van der Waals surface area contributed by atoms with Crippen LogP contribution in [0.3, 0.4) is 0 Å². The van der Waals surface area contributed by atoms with E-state index in [-0.39, 0.29) is 37.1 Å². The van der Waals surface area contributed by atoms with Crippen LogP contribution in [0.25, 0.3) is 10.9 Å². The SMILES string of the molecule is CCOC(=O)c1cn(C2CC2)c2cc(N3CCN(CC)CC3)c(NC3=CC(=O)N(CCO)C3=O)cc2c1=O. The minimum absolute atomic E-state index is 0.0260. The molecule has 2 amide bonds. The van der Waals surface area contributed by atoms with Gasteiger partial charge < -0.3 is 29.5 Å². The lowest BCUT2D eigenvalue weighted by molar-refractivity contribution is -0.137. The average molecular weight is 524 g/mol. The van der Waals surface area contributed by atoms with Crippen LogP contribution in [0.5, 0.6) is 0 Å².